The van der Waals surface area contributed by atoms with Gasteiger partial charge in [0.1, 0.15) is 0 Å². The van der Waals surface area contributed by atoms with Gasteiger partial charge in [-0.1, -0.05) is 41.2 Å². The molecule has 0 unspecified atom stereocenters. The highest BCUT2D eigenvalue weighted by Crippen LogP contribution is 1.97. The van der Waals surface area contributed by atoms with E-state index in [2.05, 4.69) is 41.4 Å². The first kappa shape index (κ1) is 11.7. The number of nitrogens with one attached hydrogen (secondary N) is 1. The van der Waals surface area contributed by atoms with Crippen molar-refractivity contribution in [3.8, 4) is 0 Å². The average molecular weight is 178 g/mol. The van der Waals surface area contributed by atoms with Crippen molar-refractivity contribution in [2.45, 2.75) is 11.1 Å². The van der Waals surface area contributed by atoms with Crippen molar-refractivity contribution in [2.24, 2.45) is 0 Å². The molecule has 2 heteroatoms. The summed E-state index contributed by atoms with van der Waals surface area (Å²) in [6.07, 6.45) is 0. The Morgan fingerprint density at radius 1 is 1.17 bits per heavy atom. The van der Waals surface area contributed by atoms with Crippen LogP contribution >= 0.6 is 0 Å². The minimum atomic E-state index is 0.625. The molecule has 65 valence electrons. The standard InChI is InChI=1S/C7H7.C2H7N.CH3.Al/c1-7-5-3-2-4-6-7;1-3-2;;/h2-6H,1H2;3H,1-2H3;1H3;. The van der Waals surface area contributed by atoms with E-state index in [1.165, 1.54) is 10.8 Å². The highest BCUT2D eigenvalue weighted by molar-refractivity contribution is 6.32. The van der Waals surface area contributed by atoms with Crippen LogP contribution in [0.2, 0.25) is 5.79 Å². The van der Waals surface area contributed by atoms with Crippen LogP contribution in [-0.4, -0.2) is 29.3 Å². The molecule has 0 amide bonds. The molecule has 1 aromatic carbocycles. The van der Waals surface area contributed by atoms with Crippen LogP contribution in [0.1, 0.15) is 5.56 Å². The monoisotopic (exact) mass is 178 g/mol. The molecule has 0 atom stereocenters. The number of hydrogen-bond donors (Lipinski definition) is 1. The molecular formula is C10H17AlN. The molecule has 1 rings (SSSR count). The van der Waals surface area contributed by atoms with Gasteiger partial charge in [0.2, 0.25) is 15.2 Å². The molecule has 0 spiro atoms. The molecule has 1 nitrogen and oxygen atoms in total. The summed E-state index contributed by atoms with van der Waals surface area (Å²) in [7, 11) is 3.75. The third kappa shape index (κ3) is 6.42. The minimum Gasteiger partial charge on any atom is -0.323 e. The van der Waals surface area contributed by atoms with Gasteiger partial charge in [0.15, 0.2) is 0 Å². The van der Waals surface area contributed by atoms with Crippen LogP contribution in [0.4, 0.5) is 0 Å². The quantitative estimate of drug-likeness (QED) is 0.681. The van der Waals surface area contributed by atoms with Crippen LogP contribution in [0, 0.1) is 0 Å². The van der Waals surface area contributed by atoms with Gasteiger partial charge < -0.3 is 5.32 Å². The lowest BCUT2D eigenvalue weighted by Crippen LogP contribution is -1.89. The lowest BCUT2D eigenvalue weighted by molar-refractivity contribution is 1.02. The van der Waals surface area contributed by atoms with Crippen LogP contribution < -0.4 is 5.32 Å². The van der Waals surface area contributed by atoms with E-state index in [4.69, 9.17) is 0 Å². The molecule has 1 N–H and O–H groups in total. The topological polar surface area (TPSA) is 12.0 Å². The zero-order valence-corrected chi connectivity index (χ0v) is 9.33. The van der Waals surface area contributed by atoms with Crippen molar-refractivity contribution >= 4 is 15.2 Å². The van der Waals surface area contributed by atoms with E-state index in [-0.39, 0.29) is 0 Å². The van der Waals surface area contributed by atoms with Crippen molar-refractivity contribution in [2.75, 3.05) is 14.1 Å². The van der Waals surface area contributed by atoms with Crippen LogP contribution in [0.5, 0.6) is 0 Å². The van der Waals surface area contributed by atoms with E-state index in [0.29, 0.717) is 15.2 Å². The lowest BCUT2D eigenvalue weighted by atomic mass is 10.2. The van der Waals surface area contributed by atoms with E-state index in [1.807, 2.05) is 14.1 Å². The molecule has 0 fully saturated rings. The first-order valence-electron chi connectivity index (χ1n) is 4.25. The molecular weight excluding hydrogens is 161 g/mol. The van der Waals surface area contributed by atoms with Gasteiger partial charge in [0, 0.05) is 0 Å². The molecule has 12 heavy (non-hydrogen) atoms. The Morgan fingerprint density at radius 2 is 1.67 bits per heavy atom. The number of rotatable bonds is 2. The third-order valence-corrected chi connectivity index (χ3v) is 2.16. The first-order chi connectivity index (χ1) is 5.85. The van der Waals surface area contributed by atoms with Gasteiger partial charge in [-0.15, -0.1) is 5.79 Å². The van der Waals surface area contributed by atoms with Gasteiger partial charge in [-0.25, -0.2) is 0 Å². The Bertz CT molecular complexity index is 174. The van der Waals surface area contributed by atoms with Crippen molar-refractivity contribution in [3.05, 3.63) is 35.9 Å². The molecule has 1 aromatic rings. The number of benzene rings is 1. The maximum atomic E-state index is 2.75. The molecule has 0 heterocycles. The van der Waals surface area contributed by atoms with Crippen LogP contribution in [0.15, 0.2) is 30.3 Å². The second-order valence-corrected chi connectivity index (χ2v) is 3.82. The molecule has 0 aliphatic rings. The molecule has 0 saturated carbocycles. The summed E-state index contributed by atoms with van der Waals surface area (Å²) in [4.78, 5) is 0. The van der Waals surface area contributed by atoms with Gasteiger partial charge in [0.05, 0.1) is 0 Å². The fourth-order valence-electron chi connectivity index (χ4n) is 0.850. The van der Waals surface area contributed by atoms with E-state index >= 15 is 0 Å². The fourth-order valence-corrected chi connectivity index (χ4v) is 1.59. The van der Waals surface area contributed by atoms with Gasteiger partial charge in [-0.2, -0.15) is 0 Å². The molecule has 0 aromatic heterocycles. The van der Waals surface area contributed by atoms with E-state index in [9.17, 15) is 0 Å². The largest absolute Gasteiger partial charge is 0.323 e. The normalized spacial score (nSPS) is 8.25. The first-order valence-corrected chi connectivity index (χ1v) is 6.22. The van der Waals surface area contributed by atoms with Gasteiger partial charge in [-0.05, 0) is 14.1 Å². The smallest absolute Gasteiger partial charge is 0.202 e. The molecule has 0 aliphatic carbocycles. The molecule has 1 radical (unpaired) electrons. The van der Waals surface area contributed by atoms with Gasteiger partial charge in [-0.3, -0.25) is 0 Å². The second kappa shape index (κ2) is 8.81. The predicted molar refractivity (Wildman–Crippen MR) is 56.7 cm³/mol. The summed E-state index contributed by atoms with van der Waals surface area (Å²) in [5.74, 6) is 2.28. The van der Waals surface area contributed by atoms with Crippen LogP contribution in [0.25, 0.3) is 0 Å². The van der Waals surface area contributed by atoms with Crippen molar-refractivity contribution < 1.29 is 0 Å². The zero-order valence-electron chi connectivity index (χ0n) is 8.17. The summed E-state index contributed by atoms with van der Waals surface area (Å²) < 4.78 is 0. The summed E-state index contributed by atoms with van der Waals surface area (Å²) in [6.45, 7) is 0. The second-order valence-electron chi connectivity index (χ2n) is 2.60. The van der Waals surface area contributed by atoms with Crippen LogP contribution in [-0.2, 0) is 5.28 Å². The van der Waals surface area contributed by atoms with Crippen LogP contribution in [0.3, 0.4) is 0 Å². The summed E-state index contributed by atoms with van der Waals surface area (Å²) in [5, 5.41) is 4.04. The maximum absolute atomic E-state index is 2.75. The maximum Gasteiger partial charge on any atom is 0.202 e. The summed E-state index contributed by atoms with van der Waals surface area (Å²) >= 11 is 0.625. The highest BCUT2D eigenvalue weighted by atomic mass is 27.1. The number of hydrogen-bond acceptors (Lipinski definition) is 1. The van der Waals surface area contributed by atoms with Crippen molar-refractivity contribution in [1.82, 2.24) is 5.32 Å². The molecule has 0 aliphatic heterocycles. The Labute approximate surface area is 81.9 Å². The highest BCUT2D eigenvalue weighted by Gasteiger charge is 1.86. The Balaban J connectivity index is 0.000000354. The average Bonchev–Trinajstić information content (AvgIpc) is 2.08. The van der Waals surface area contributed by atoms with Crippen molar-refractivity contribution in [1.29, 1.82) is 0 Å². The Kier molecular flexibility index (Phi) is 8.59. The SMILES string of the molecule is CNC.[CH3][Al][CH2]c1ccccc1. The van der Waals surface area contributed by atoms with E-state index in [1.54, 1.807) is 0 Å². The van der Waals surface area contributed by atoms with E-state index in [0.717, 1.165) is 0 Å². The van der Waals surface area contributed by atoms with Crippen molar-refractivity contribution in [3.63, 3.8) is 0 Å². The predicted octanol–water partition coefficient (Wildman–Crippen LogP) is 1.77. The summed E-state index contributed by atoms with van der Waals surface area (Å²) in [6, 6.07) is 10.6. The van der Waals surface area contributed by atoms with Gasteiger partial charge >= 0.3 is 0 Å². The lowest BCUT2D eigenvalue weighted by Gasteiger charge is -1.92. The third-order valence-electron chi connectivity index (χ3n) is 1.28. The van der Waals surface area contributed by atoms with E-state index < -0.39 is 0 Å². The molecule has 0 saturated heterocycles. The minimum absolute atomic E-state index is 0.625. The Hall–Kier alpha value is -0.288. The zero-order chi connectivity index (χ0) is 9.23. The fraction of sp³-hybridized carbons (Fsp3) is 0.400. The summed E-state index contributed by atoms with van der Waals surface area (Å²) in [5.41, 5.74) is 1.48. The Morgan fingerprint density at radius 3 is 2.08 bits per heavy atom. The van der Waals surface area contributed by atoms with Gasteiger partial charge in [0.25, 0.3) is 0 Å². The molecule has 0 bridgehead atoms.